The molecule has 1 saturated heterocycles. The van der Waals surface area contributed by atoms with Crippen molar-refractivity contribution in [3.63, 3.8) is 0 Å². The summed E-state index contributed by atoms with van der Waals surface area (Å²) in [6.45, 7) is 6.32. The van der Waals surface area contributed by atoms with Gasteiger partial charge in [-0.1, -0.05) is 0 Å². The van der Waals surface area contributed by atoms with Crippen LogP contribution in [0.15, 0.2) is 12.4 Å². The zero-order valence-electron chi connectivity index (χ0n) is 13.9. The van der Waals surface area contributed by atoms with E-state index in [1.54, 1.807) is 0 Å². The summed E-state index contributed by atoms with van der Waals surface area (Å²) in [5, 5.41) is 13.1. The monoisotopic (exact) mass is 316 g/mol. The van der Waals surface area contributed by atoms with E-state index in [1.165, 1.54) is 18.4 Å². The van der Waals surface area contributed by atoms with E-state index in [2.05, 4.69) is 44.9 Å². The van der Waals surface area contributed by atoms with Crippen molar-refractivity contribution in [2.45, 2.75) is 44.9 Å². The molecule has 1 saturated carbocycles. The molecule has 3 heterocycles. The zero-order chi connectivity index (χ0) is 15.8. The van der Waals surface area contributed by atoms with Gasteiger partial charge < -0.3 is 9.30 Å². The van der Waals surface area contributed by atoms with Gasteiger partial charge in [-0.2, -0.15) is 5.10 Å². The Morgan fingerprint density at radius 1 is 1.30 bits per heavy atom. The van der Waals surface area contributed by atoms with E-state index >= 15 is 0 Å². The van der Waals surface area contributed by atoms with Gasteiger partial charge in [0.15, 0.2) is 0 Å². The summed E-state index contributed by atoms with van der Waals surface area (Å²) in [4.78, 5) is 2.41. The first kappa shape index (κ1) is 14.8. The third-order valence-electron chi connectivity index (χ3n) is 4.68. The molecule has 7 heteroatoms. The van der Waals surface area contributed by atoms with Gasteiger partial charge in [-0.15, -0.1) is 10.2 Å². The Labute approximate surface area is 136 Å². The third-order valence-corrected chi connectivity index (χ3v) is 4.68. The molecule has 2 fully saturated rings. The molecule has 0 unspecified atom stereocenters. The highest BCUT2D eigenvalue weighted by Gasteiger charge is 2.30. The van der Waals surface area contributed by atoms with Gasteiger partial charge in [0, 0.05) is 32.3 Å². The smallest absolute Gasteiger partial charge is 0.146 e. The molecular weight excluding hydrogens is 292 g/mol. The largest absolute Gasteiger partial charge is 0.374 e. The highest BCUT2D eigenvalue weighted by atomic mass is 16.5. The molecule has 0 N–H and O–H groups in total. The second-order valence-electron chi connectivity index (χ2n) is 6.78. The molecule has 23 heavy (non-hydrogen) atoms. The van der Waals surface area contributed by atoms with E-state index < -0.39 is 0 Å². The van der Waals surface area contributed by atoms with Gasteiger partial charge in [-0.25, -0.2) is 0 Å². The van der Waals surface area contributed by atoms with Gasteiger partial charge in [-0.3, -0.25) is 9.58 Å². The van der Waals surface area contributed by atoms with Crippen molar-refractivity contribution < 1.29 is 4.74 Å². The molecule has 0 radical (unpaired) electrons. The molecule has 0 aromatic carbocycles. The second kappa shape index (κ2) is 6.05. The van der Waals surface area contributed by atoms with Crippen LogP contribution < -0.4 is 0 Å². The fraction of sp³-hybridized carbons (Fsp3) is 0.688. The Hall–Kier alpha value is -1.73. The van der Waals surface area contributed by atoms with Crippen LogP contribution in [0.3, 0.4) is 0 Å². The highest BCUT2D eigenvalue weighted by molar-refractivity contribution is 5.07. The second-order valence-corrected chi connectivity index (χ2v) is 6.78. The van der Waals surface area contributed by atoms with E-state index in [4.69, 9.17) is 4.74 Å². The number of nitrogens with zero attached hydrogens (tertiary/aromatic N) is 6. The molecule has 7 nitrogen and oxygen atoms in total. The lowest BCUT2D eigenvalue weighted by molar-refractivity contribution is -0.0411. The fourth-order valence-corrected chi connectivity index (χ4v) is 3.22. The average Bonchev–Trinajstić information content (AvgIpc) is 3.20. The van der Waals surface area contributed by atoms with Gasteiger partial charge in [0.25, 0.3) is 0 Å². The molecule has 2 aromatic heterocycles. The van der Waals surface area contributed by atoms with Gasteiger partial charge in [0.05, 0.1) is 32.0 Å². The van der Waals surface area contributed by atoms with Crippen molar-refractivity contribution in [1.29, 1.82) is 0 Å². The molecule has 1 aliphatic carbocycles. The summed E-state index contributed by atoms with van der Waals surface area (Å²) in [6, 6.07) is 0. The lowest BCUT2D eigenvalue weighted by atomic mass is 10.2. The number of aromatic nitrogens is 5. The van der Waals surface area contributed by atoms with E-state index in [9.17, 15) is 0 Å². The predicted octanol–water partition coefficient (Wildman–Crippen LogP) is 1.10. The molecule has 124 valence electrons. The zero-order valence-corrected chi connectivity index (χ0v) is 13.9. The van der Waals surface area contributed by atoms with E-state index in [1.807, 2.05) is 10.9 Å². The van der Waals surface area contributed by atoms with Crippen molar-refractivity contribution in [3.05, 3.63) is 29.6 Å². The maximum Gasteiger partial charge on any atom is 0.146 e. The molecule has 0 spiro atoms. The Morgan fingerprint density at radius 2 is 2.17 bits per heavy atom. The summed E-state index contributed by atoms with van der Waals surface area (Å²) < 4.78 is 10.0. The van der Waals surface area contributed by atoms with E-state index in [0.29, 0.717) is 5.92 Å². The first-order valence-electron chi connectivity index (χ1n) is 8.40. The van der Waals surface area contributed by atoms with Crippen LogP contribution >= 0.6 is 0 Å². The first-order valence-corrected chi connectivity index (χ1v) is 8.40. The van der Waals surface area contributed by atoms with Crippen LogP contribution in [0.25, 0.3) is 0 Å². The number of morpholine rings is 1. The SMILES string of the molecule is Cc1cnn(C[C@H]2CN(Cc3nnc(C4CC4)n3C)CCO2)c1. The van der Waals surface area contributed by atoms with Crippen LogP contribution in [0.4, 0.5) is 0 Å². The van der Waals surface area contributed by atoms with Crippen molar-refractivity contribution in [2.75, 3.05) is 19.7 Å². The van der Waals surface area contributed by atoms with E-state index in [0.717, 1.165) is 44.4 Å². The molecular formula is C16H24N6O. The van der Waals surface area contributed by atoms with Crippen LogP contribution in [0.2, 0.25) is 0 Å². The van der Waals surface area contributed by atoms with Gasteiger partial charge in [-0.05, 0) is 25.3 Å². The lowest BCUT2D eigenvalue weighted by Gasteiger charge is -2.32. The number of rotatable bonds is 5. The summed E-state index contributed by atoms with van der Waals surface area (Å²) in [7, 11) is 2.09. The summed E-state index contributed by atoms with van der Waals surface area (Å²) >= 11 is 0. The molecule has 4 rings (SSSR count). The summed E-state index contributed by atoms with van der Waals surface area (Å²) in [5.41, 5.74) is 1.18. The molecule has 1 aliphatic heterocycles. The fourth-order valence-electron chi connectivity index (χ4n) is 3.22. The van der Waals surface area contributed by atoms with Crippen LogP contribution in [0.1, 0.15) is 36.0 Å². The van der Waals surface area contributed by atoms with Gasteiger partial charge >= 0.3 is 0 Å². The molecule has 1 atom stereocenters. The number of aryl methyl sites for hydroxylation is 1. The maximum absolute atomic E-state index is 5.90. The third kappa shape index (κ3) is 3.30. The van der Waals surface area contributed by atoms with Crippen LogP contribution in [0, 0.1) is 6.92 Å². The minimum Gasteiger partial charge on any atom is -0.374 e. The van der Waals surface area contributed by atoms with E-state index in [-0.39, 0.29) is 6.10 Å². The number of hydrogen-bond donors (Lipinski definition) is 0. The van der Waals surface area contributed by atoms with Crippen molar-refractivity contribution in [3.8, 4) is 0 Å². The van der Waals surface area contributed by atoms with Crippen LogP contribution in [0.5, 0.6) is 0 Å². The molecule has 0 bridgehead atoms. The topological polar surface area (TPSA) is 61.0 Å². The Morgan fingerprint density at radius 3 is 2.91 bits per heavy atom. The van der Waals surface area contributed by atoms with Crippen molar-refractivity contribution in [1.82, 2.24) is 29.4 Å². The Balaban J connectivity index is 1.37. The van der Waals surface area contributed by atoms with Gasteiger partial charge in [0.2, 0.25) is 0 Å². The quantitative estimate of drug-likeness (QED) is 0.826. The van der Waals surface area contributed by atoms with Crippen molar-refractivity contribution in [2.24, 2.45) is 7.05 Å². The van der Waals surface area contributed by atoms with Crippen LogP contribution in [-0.2, 0) is 24.9 Å². The van der Waals surface area contributed by atoms with Crippen molar-refractivity contribution >= 4 is 0 Å². The average molecular weight is 316 g/mol. The normalized spacial score (nSPS) is 22.6. The molecule has 0 amide bonds. The minimum atomic E-state index is 0.180. The number of hydrogen-bond acceptors (Lipinski definition) is 5. The minimum absolute atomic E-state index is 0.180. The van der Waals surface area contributed by atoms with Crippen LogP contribution in [-0.4, -0.2) is 55.2 Å². The molecule has 2 aliphatic rings. The Bertz CT molecular complexity index is 674. The Kier molecular flexibility index (Phi) is 3.90. The summed E-state index contributed by atoms with van der Waals surface area (Å²) in [5.74, 6) is 2.85. The predicted molar refractivity (Wildman–Crippen MR) is 85.0 cm³/mol. The standard InChI is InChI=1S/C16H24N6O/c1-12-7-17-22(8-12)10-14-9-21(5-6-23-14)11-15-18-19-16(20(15)2)13-3-4-13/h7-8,13-14H,3-6,9-11H2,1-2H3/t14-/m1/s1. The molecule has 2 aromatic rings. The van der Waals surface area contributed by atoms with Gasteiger partial charge in [0.1, 0.15) is 11.6 Å². The highest BCUT2D eigenvalue weighted by Crippen LogP contribution is 2.38. The summed E-state index contributed by atoms with van der Waals surface area (Å²) in [6.07, 6.45) is 6.65. The first-order chi connectivity index (χ1) is 11.2. The number of ether oxygens (including phenoxy) is 1. The lowest BCUT2D eigenvalue weighted by Crippen LogP contribution is -2.44. The maximum atomic E-state index is 5.90.